The predicted octanol–water partition coefficient (Wildman–Crippen LogP) is 3.81. The van der Waals surface area contributed by atoms with Crippen LogP contribution in [0.15, 0.2) is 12.1 Å². The van der Waals surface area contributed by atoms with Gasteiger partial charge in [0, 0.05) is 12.1 Å². The molecule has 0 saturated heterocycles. The summed E-state index contributed by atoms with van der Waals surface area (Å²) in [6, 6.07) is 2.82. The van der Waals surface area contributed by atoms with Crippen LogP contribution in [-0.2, 0) is 9.47 Å². The molecule has 0 N–H and O–H groups in total. The Balaban J connectivity index is 2.65. The average molecular weight is 300 g/mol. The van der Waals surface area contributed by atoms with Gasteiger partial charge in [0.25, 0.3) is 0 Å². The molecule has 17 heavy (non-hydrogen) atoms. The molecule has 0 radical (unpaired) electrons. The third kappa shape index (κ3) is 4.60. The predicted molar refractivity (Wildman–Crippen MR) is 65.3 cm³/mol. The molecular formula is C10H9Cl3O4. The van der Waals surface area contributed by atoms with Crippen LogP contribution in [0.3, 0.4) is 0 Å². The summed E-state index contributed by atoms with van der Waals surface area (Å²) in [6.45, 7) is 0.356. The third-order valence-corrected chi connectivity index (χ3v) is 2.44. The summed E-state index contributed by atoms with van der Waals surface area (Å²) >= 11 is 17.3. The van der Waals surface area contributed by atoms with E-state index in [1.54, 1.807) is 0 Å². The molecule has 0 unspecified atom stereocenters. The Morgan fingerprint density at radius 1 is 1.18 bits per heavy atom. The highest BCUT2D eigenvalue weighted by Crippen LogP contribution is 2.35. The van der Waals surface area contributed by atoms with Crippen molar-refractivity contribution in [3.05, 3.63) is 27.2 Å². The van der Waals surface area contributed by atoms with E-state index in [0.29, 0.717) is 5.02 Å². The fourth-order valence-corrected chi connectivity index (χ4v) is 1.84. The average Bonchev–Trinajstić information content (AvgIpc) is 2.24. The van der Waals surface area contributed by atoms with Crippen molar-refractivity contribution >= 4 is 41.0 Å². The topological polar surface area (TPSA) is 44.8 Å². The highest BCUT2D eigenvalue weighted by atomic mass is 35.5. The van der Waals surface area contributed by atoms with E-state index < -0.39 is 6.16 Å². The second kappa shape index (κ2) is 6.91. The Morgan fingerprint density at radius 2 is 1.76 bits per heavy atom. The highest BCUT2D eigenvalue weighted by molar-refractivity contribution is 6.40. The van der Waals surface area contributed by atoms with Gasteiger partial charge in [-0.2, -0.15) is 0 Å². The van der Waals surface area contributed by atoms with Gasteiger partial charge in [0.2, 0.25) is 0 Å². The molecule has 0 bridgehead atoms. The van der Waals surface area contributed by atoms with Crippen molar-refractivity contribution in [2.24, 2.45) is 0 Å². The van der Waals surface area contributed by atoms with E-state index in [9.17, 15) is 4.79 Å². The monoisotopic (exact) mass is 298 g/mol. The van der Waals surface area contributed by atoms with Gasteiger partial charge in [-0.25, -0.2) is 4.79 Å². The second-order valence-electron chi connectivity index (χ2n) is 2.89. The highest BCUT2D eigenvalue weighted by Gasteiger charge is 2.14. The number of carbonyl (C=O) groups is 1. The smallest absolute Gasteiger partial charge is 0.432 e. The second-order valence-corrected chi connectivity index (χ2v) is 4.14. The lowest BCUT2D eigenvalue weighted by Crippen LogP contribution is -2.14. The number of halogens is 3. The van der Waals surface area contributed by atoms with Crippen LogP contribution in [0, 0.1) is 0 Å². The van der Waals surface area contributed by atoms with Crippen LogP contribution < -0.4 is 4.74 Å². The maximum Gasteiger partial charge on any atom is 0.514 e. The van der Waals surface area contributed by atoms with Crippen LogP contribution in [-0.4, -0.2) is 26.5 Å². The van der Waals surface area contributed by atoms with Crippen LogP contribution in [0.5, 0.6) is 5.75 Å². The van der Waals surface area contributed by atoms with Crippen LogP contribution in [0.25, 0.3) is 0 Å². The summed E-state index contributed by atoms with van der Waals surface area (Å²) in [6.07, 6.45) is -0.909. The van der Waals surface area contributed by atoms with Crippen LogP contribution in [0.1, 0.15) is 0 Å². The van der Waals surface area contributed by atoms with E-state index in [1.165, 1.54) is 19.2 Å². The van der Waals surface area contributed by atoms with Crippen molar-refractivity contribution < 1.29 is 19.0 Å². The molecule has 0 amide bonds. The Hall–Kier alpha value is -0.680. The van der Waals surface area contributed by atoms with Crippen molar-refractivity contribution in [2.75, 3.05) is 20.3 Å². The molecule has 0 aliphatic carbocycles. The van der Waals surface area contributed by atoms with Gasteiger partial charge >= 0.3 is 6.16 Å². The zero-order chi connectivity index (χ0) is 12.8. The number of carbonyl (C=O) groups excluding carboxylic acids is 1. The molecule has 7 heteroatoms. The quantitative estimate of drug-likeness (QED) is 0.482. The summed E-state index contributed by atoms with van der Waals surface area (Å²) < 4.78 is 14.2. The standard InChI is InChI=1S/C10H9Cl3O4/c1-15-2-3-16-10(14)17-9-7(12)4-6(11)5-8(9)13/h4-5H,2-3H2,1H3. The third-order valence-electron chi connectivity index (χ3n) is 1.66. The van der Waals surface area contributed by atoms with E-state index in [4.69, 9.17) is 49.0 Å². The number of hydrogen-bond acceptors (Lipinski definition) is 4. The summed E-state index contributed by atoms with van der Waals surface area (Å²) in [5.74, 6) is 0.0140. The van der Waals surface area contributed by atoms with Crippen LogP contribution in [0.2, 0.25) is 15.1 Å². The minimum Gasteiger partial charge on any atom is -0.432 e. The van der Waals surface area contributed by atoms with E-state index in [0.717, 1.165) is 0 Å². The van der Waals surface area contributed by atoms with Crippen molar-refractivity contribution in [3.8, 4) is 5.75 Å². The normalized spacial score (nSPS) is 10.1. The molecule has 0 aromatic heterocycles. The number of ether oxygens (including phenoxy) is 3. The maximum absolute atomic E-state index is 11.2. The van der Waals surface area contributed by atoms with Crippen molar-refractivity contribution in [3.63, 3.8) is 0 Å². The number of hydrogen-bond donors (Lipinski definition) is 0. The van der Waals surface area contributed by atoms with E-state index in [-0.39, 0.29) is 29.0 Å². The zero-order valence-electron chi connectivity index (χ0n) is 8.84. The van der Waals surface area contributed by atoms with Crippen molar-refractivity contribution in [1.82, 2.24) is 0 Å². The number of benzene rings is 1. The van der Waals surface area contributed by atoms with Gasteiger partial charge in [0.15, 0.2) is 5.75 Å². The lowest BCUT2D eigenvalue weighted by Gasteiger charge is -2.08. The van der Waals surface area contributed by atoms with Gasteiger partial charge in [-0.3, -0.25) is 0 Å². The Morgan fingerprint density at radius 3 is 2.29 bits per heavy atom. The molecule has 0 fully saturated rings. The summed E-state index contributed by atoms with van der Waals surface area (Å²) in [7, 11) is 1.49. The first kappa shape index (κ1) is 14.4. The molecule has 0 saturated carbocycles. The van der Waals surface area contributed by atoms with E-state index in [1.807, 2.05) is 0 Å². The molecule has 94 valence electrons. The summed E-state index contributed by atoms with van der Waals surface area (Å²) in [5.41, 5.74) is 0. The first-order valence-electron chi connectivity index (χ1n) is 4.52. The van der Waals surface area contributed by atoms with Gasteiger partial charge in [-0.15, -0.1) is 0 Å². The van der Waals surface area contributed by atoms with Crippen LogP contribution >= 0.6 is 34.8 Å². The summed E-state index contributed by atoms with van der Waals surface area (Å²) in [4.78, 5) is 11.2. The van der Waals surface area contributed by atoms with Crippen LogP contribution in [0.4, 0.5) is 4.79 Å². The van der Waals surface area contributed by atoms with Gasteiger partial charge in [0.05, 0.1) is 16.7 Å². The van der Waals surface area contributed by atoms with E-state index >= 15 is 0 Å². The van der Waals surface area contributed by atoms with Gasteiger partial charge < -0.3 is 14.2 Å². The molecule has 1 rings (SSSR count). The van der Waals surface area contributed by atoms with Gasteiger partial charge in [0.1, 0.15) is 6.61 Å². The molecule has 0 atom stereocenters. The lowest BCUT2D eigenvalue weighted by atomic mass is 10.3. The molecule has 4 nitrogen and oxygen atoms in total. The molecule has 0 spiro atoms. The lowest BCUT2D eigenvalue weighted by molar-refractivity contribution is 0.0686. The molecule has 0 aliphatic rings. The Bertz CT molecular complexity index is 386. The molecule has 1 aromatic carbocycles. The van der Waals surface area contributed by atoms with Crippen molar-refractivity contribution in [1.29, 1.82) is 0 Å². The first-order chi connectivity index (χ1) is 8.04. The number of rotatable bonds is 4. The van der Waals surface area contributed by atoms with Gasteiger partial charge in [-0.1, -0.05) is 34.8 Å². The fraction of sp³-hybridized carbons (Fsp3) is 0.300. The molecular weight excluding hydrogens is 290 g/mol. The van der Waals surface area contributed by atoms with E-state index in [2.05, 4.69) is 0 Å². The van der Waals surface area contributed by atoms with Gasteiger partial charge in [-0.05, 0) is 12.1 Å². The maximum atomic E-state index is 11.2. The van der Waals surface area contributed by atoms with Crippen molar-refractivity contribution in [2.45, 2.75) is 0 Å². The summed E-state index contributed by atoms with van der Waals surface area (Å²) in [5, 5.41) is 0.609. The largest absolute Gasteiger partial charge is 0.514 e. The molecule has 0 heterocycles. The molecule has 0 aliphatic heterocycles. The zero-order valence-corrected chi connectivity index (χ0v) is 11.1. The first-order valence-corrected chi connectivity index (χ1v) is 5.66. The SMILES string of the molecule is COCCOC(=O)Oc1c(Cl)cc(Cl)cc1Cl. The Kier molecular flexibility index (Phi) is 5.85. The Labute approximate surface area is 113 Å². The fourth-order valence-electron chi connectivity index (χ4n) is 0.948. The minimum atomic E-state index is -0.909. The number of methoxy groups -OCH3 is 1. The molecule has 1 aromatic rings. The minimum absolute atomic E-state index is 0.0140.